The topological polar surface area (TPSA) is 56.2 Å². The van der Waals surface area contributed by atoms with Crippen LogP contribution in [0.5, 0.6) is 0 Å². The Labute approximate surface area is 95.5 Å². The molecule has 0 saturated heterocycles. The molecule has 2 aromatic rings. The van der Waals surface area contributed by atoms with E-state index < -0.39 is 0 Å². The van der Waals surface area contributed by atoms with Gasteiger partial charge >= 0.3 is 0 Å². The van der Waals surface area contributed by atoms with Gasteiger partial charge in [0.2, 0.25) is 0 Å². The van der Waals surface area contributed by atoms with Gasteiger partial charge in [0.25, 0.3) is 0 Å². The maximum Gasteiger partial charge on any atom is 0.161 e. The molecular weight excluding hydrogens is 200 g/mol. The molecule has 0 amide bonds. The standard InChI is InChI=1S/C12H18N4/c1-8(2)12-15-14-11-6-10(9(3)7-13)4-5-16(11)12/h4-6,8-9H,7,13H2,1-3H3. The lowest BCUT2D eigenvalue weighted by Crippen LogP contribution is -2.09. The predicted octanol–water partition coefficient (Wildman–Crippen LogP) is 1.91. The smallest absolute Gasteiger partial charge is 0.161 e. The number of nitrogens with two attached hydrogens (primary N) is 1. The maximum atomic E-state index is 5.66. The molecule has 2 heterocycles. The van der Waals surface area contributed by atoms with E-state index in [2.05, 4.69) is 43.1 Å². The van der Waals surface area contributed by atoms with E-state index in [1.165, 1.54) is 5.56 Å². The van der Waals surface area contributed by atoms with E-state index in [9.17, 15) is 0 Å². The Balaban J connectivity index is 2.49. The Morgan fingerprint density at radius 3 is 2.69 bits per heavy atom. The molecule has 0 aliphatic heterocycles. The zero-order valence-electron chi connectivity index (χ0n) is 10.0. The molecule has 0 spiro atoms. The average Bonchev–Trinajstić information content (AvgIpc) is 2.70. The van der Waals surface area contributed by atoms with Gasteiger partial charge in [-0.05, 0) is 30.2 Å². The van der Waals surface area contributed by atoms with Crippen LogP contribution in [0.2, 0.25) is 0 Å². The Hall–Kier alpha value is -1.42. The maximum absolute atomic E-state index is 5.66. The molecule has 0 aromatic carbocycles. The van der Waals surface area contributed by atoms with E-state index in [0.29, 0.717) is 18.4 Å². The number of aromatic nitrogens is 3. The van der Waals surface area contributed by atoms with Gasteiger partial charge in [-0.2, -0.15) is 0 Å². The van der Waals surface area contributed by atoms with Gasteiger partial charge in [-0.3, -0.25) is 4.40 Å². The summed E-state index contributed by atoms with van der Waals surface area (Å²) in [4.78, 5) is 0. The fourth-order valence-corrected chi connectivity index (χ4v) is 1.76. The Bertz CT molecular complexity index is 487. The van der Waals surface area contributed by atoms with Crippen molar-refractivity contribution >= 4 is 5.65 Å². The molecule has 4 nitrogen and oxygen atoms in total. The molecule has 2 rings (SSSR count). The molecule has 0 saturated carbocycles. The van der Waals surface area contributed by atoms with Crippen LogP contribution in [0, 0.1) is 0 Å². The molecule has 1 atom stereocenters. The number of rotatable bonds is 3. The summed E-state index contributed by atoms with van der Waals surface area (Å²) in [6.07, 6.45) is 2.03. The van der Waals surface area contributed by atoms with Crippen LogP contribution in [-0.2, 0) is 0 Å². The zero-order valence-corrected chi connectivity index (χ0v) is 10.0. The molecule has 2 aromatic heterocycles. The van der Waals surface area contributed by atoms with Crippen molar-refractivity contribution < 1.29 is 0 Å². The summed E-state index contributed by atoms with van der Waals surface area (Å²) in [5, 5.41) is 8.39. The zero-order chi connectivity index (χ0) is 11.7. The first-order valence-electron chi connectivity index (χ1n) is 5.68. The van der Waals surface area contributed by atoms with Gasteiger partial charge in [0.1, 0.15) is 5.82 Å². The molecule has 0 fully saturated rings. The van der Waals surface area contributed by atoms with Crippen molar-refractivity contribution in [2.75, 3.05) is 6.54 Å². The quantitative estimate of drug-likeness (QED) is 0.856. The minimum absolute atomic E-state index is 0.365. The van der Waals surface area contributed by atoms with Crippen molar-refractivity contribution in [2.24, 2.45) is 5.73 Å². The summed E-state index contributed by atoms with van der Waals surface area (Å²) in [6.45, 7) is 7.01. The highest BCUT2D eigenvalue weighted by Gasteiger charge is 2.10. The number of pyridine rings is 1. The molecular formula is C12H18N4. The van der Waals surface area contributed by atoms with E-state index in [-0.39, 0.29) is 0 Å². The molecule has 1 unspecified atom stereocenters. The second kappa shape index (κ2) is 4.22. The van der Waals surface area contributed by atoms with Gasteiger partial charge in [-0.25, -0.2) is 0 Å². The highest BCUT2D eigenvalue weighted by atomic mass is 15.2. The second-order valence-electron chi connectivity index (χ2n) is 4.54. The van der Waals surface area contributed by atoms with Gasteiger partial charge < -0.3 is 5.73 Å². The van der Waals surface area contributed by atoms with E-state index in [1.807, 2.05) is 10.6 Å². The van der Waals surface area contributed by atoms with Crippen molar-refractivity contribution in [1.82, 2.24) is 14.6 Å². The van der Waals surface area contributed by atoms with E-state index in [4.69, 9.17) is 5.73 Å². The lowest BCUT2D eigenvalue weighted by Gasteiger charge is -2.09. The number of hydrogen-bond acceptors (Lipinski definition) is 3. The van der Waals surface area contributed by atoms with Gasteiger partial charge in [0.05, 0.1) is 0 Å². The fraction of sp³-hybridized carbons (Fsp3) is 0.500. The highest BCUT2D eigenvalue weighted by Crippen LogP contribution is 2.18. The van der Waals surface area contributed by atoms with Crippen molar-refractivity contribution in [3.63, 3.8) is 0 Å². The first kappa shape index (κ1) is 11.1. The molecule has 86 valence electrons. The Kier molecular flexibility index (Phi) is 2.92. The summed E-state index contributed by atoms with van der Waals surface area (Å²) in [6, 6.07) is 4.16. The molecule has 0 radical (unpaired) electrons. The first-order valence-corrected chi connectivity index (χ1v) is 5.68. The van der Waals surface area contributed by atoms with Crippen LogP contribution in [0.1, 0.15) is 44.0 Å². The van der Waals surface area contributed by atoms with Crippen molar-refractivity contribution in [3.05, 3.63) is 29.7 Å². The van der Waals surface area contributed by atoms with Crippen molar-refractivity contribution in [2.45, 2.75) is 32.6 Å². The van der Waals surface area contributed by atoms with Gasteiger partial charge in [0.15, 0.2) is 5.65 Å². The summed E-state index contributed by atoms with van der Waals surface area (Å²) in [5.41, 5.74) is 7.78. The molecule has 0 aliphatic carbocycles. The van der Waals surface area contributed by atoms with Crippen LogP contribution < -0.4 is 5.73 Å². The van der Waals surface area contributed by atoms with Crippen molar-refractivity contribution in [3.8, 4) is 0 Å². The summed E-state index contributed by atoms with van der Waals surface area (Å²) < 4.78 is 2.04. The number of fused-ring (bicyclic) bond motifs is 1. The van der Waals surface area contributed by atoms with Gasteiger partial charge in [0, 0.05) is 12.1 Å². The first-order chi connectivity index (χ1) is 7.63. The summed E-state index contributed by atoms with van der Waals surface area (Å²) >= 11 is 0. The third-order valence-corrected chi connectivity index (χ3v) is 2.90. The molecule has 2 N–H and O–H groups in total. The Morgan fingerprint density at radius 1 is 1.31 bits per heavy atom. The fourth-order valence-electron chi connectivity index (χ4n) is 1.76. The van der Waals surface area contributed by atoms with Crippen LogP contribution >= 0.6 is 0 Å². The molecule has 0 bridgehead atoms. The van der Waals surface area contributed by atoms with Crippen molar-refractivity contribution in [1.29, 1.82) is 0 Å². The largest absolute Gasteiger partial charge is 0.330 e. The SMILES string of the molecule is CC(C)c1nnc2cc(C(C)CN)ccn12. The minimum atomic E-state index is 0.365. The highest BCUT2D eigenvalue weighted by molar-refractivity contribution is 5.42. The van der Waals surface area contributed by atoms with E-state index in [0.717, 1.165) is 11.5 Å². The molecule has 4 heteroatoms. The average molecular weight is 218 g/mol. The second-order valence-corrected chi connectivity index (χ2v) is 4.54. The molecule has 0 aliphatic rings. The van der Waals surface area contributed by atoms with Crippen LogP contribution in [0.3, 0.4) is 0 Å². The lowest BCUT2D eigenvalue weighted by molar-refractivity contribution is 0.753. The van der Waals surface area contributed by atoms with E-state index in [1.54, 1.807) is 0 Å². The van der Waals surface area contributed by atoms with Gasteiger partial charge in [-0.1, -0.05) is 20.8 Å². The lowest BCUT2D eigenvalue weighted by atomic mass is 10.0. The minimum Gasteiger partial charge on any atom is -0.330 e. The number of hydrogen-bond donors (Lipinski definition) is 1. The number of nitrogens with zero attached hydrogens (tertiary/aromatic N) is 3. The molecule has 16 heavy (non-hydrogen) atoms. The Morgan fingerprint density at radius 2 is 2.06 bits per heavy atom. The monoisotopic (exact) mass is 218 g/mol. The summed E-state index contributed by atoms with van der Waals surface area (Å²) in [7, 11) is 0. The van der Waals surface area contributed by atoms with E-state index >= 15 is 0 Å². The van der Waals surface area contributed by atoms with Gasteiger partial charge in [-0.15, -0.1) is 10.2 Å². The van der Waals surface area contributed by atoms with Crippen LogP contribution in [0.4, 0.5) is 0 Å². The third kappa shape index (κ3) is 1.80. The predicted molar refractivity (Wildman–Crippen MR) is 64.5 cm³/mol. The summed E-state index contributed by atoms with van der Waals surface area (Å²) in [5.74, 6) is 1.75. The normalized spacial score (nSPS) is 13.6. The third-order valence-electron chi connectivity index (χ3n) is 2.90. The van der Waals surface area contributed by atoms with Crippen LogP contribution in [0.25, 0.3) is 5.65 Å². The van der Waals surface area contributed by atoms with Crippen LogP contribution in [0.15, 0.2) is 18.3 Å². The van der Waals surface area contributed by atoms with Crippen LogP contribution in [-0.4, -0.2) is 21.1 Å².